The molecule has 0 radical (unpaired) electrons. The first-order valence-corrected chi connectivity index (χ1v) is 6.87. The Hall–Kier alpha value is -1.60. The van der Waals surface area contributed by atoms with Crippen LogP contribution in [0.4, 0.5) is 10.1 Å². The Bertz CT molecular complexity index is 425. The summed E-state index contributed by atoms with van der Waals surface area (Å²) in [4.78, 5) is 22.7. The van der Waals surface area contributed by atoms with Crippen molar-refractivity contribution in [2.24, 2.45) is 5.73 Å². The minimum absolute atomic E-state index is 0.148. The molecule has 5 nitrogen and oxygen atoms in total. The van der Waals surface area contributed by atoms with E-state index in [9.17, 15) is 14.0 Å². The van der Waals surface area contributed by atoms with Crippen molar-refractivity contribution in [2.75, 3.05) is 29.9 Å². The highest BCUT2D eigenvalue weighted by Crippen LogP contribution is 2.09. The summed E-state index contributed by atoms with van der Waals surface area (Å²) >= 11 is 1.20. The summed E-state index contributed by atoms with van der Waals surface area (Å²) < 4.78 is 12.6. The van der Waals surface area contributed by atoms with Crippen LogP contribution < -0.4 is 16.4 Å². The molecule has 7 heteroatoms. The highest BCUT2D eigenvalue weighted by Gasteiger charge is 2.05. The first kappa shape index (κ1) is 15.5. The number of nitrogens with two attached hydrogens (primary N) is 1. The van der Waals surface area contributed by atoms with Crippen LogP contribution in [0.5, 0.6) is 0 Å². The van der Waals surface area contributed by atoms with Gasteiger partial charge in [0.25, 0.3) is 0 Å². The highest BCUT2D eigenvalue weighted by atomic mass is 32.2. The summed E-state index contributed by atoms with van der Waals surface area (Å²) in [5.74, 6) is -0.373. The van der Waals surface area contributed by atoms with Crippen LogP contribution in [0, 0.1) is 5.82 Å². The lowest BCUT2D eigenvalue weighted by Crippen LogP contribution is -2.30. The lowest BCUT2D eigenvalue weighted by Gasteiger charge is -2.05. The van der Waals surface area contributed by atoms with Gasteiger partial charge in [0.2, 0.25) is 11.8 Å². The number of nitrogens with one attached hydrogen (secondary N) is 2. The molecule has 104 valence electrons. The van der Waals surface area contributed by atoms with Gasteiger partial charge in [0.05, 0.1) is 11.5 Å². The SMILES string of the molecule is NCCNC(=O)CSCC(=O)Nc1ccc(F)cc1. The summed E-state index contributed by atoms with van der Waals surface area (Å²) in [5, 5.41) is 5.21. The number of carbonyl (C=O) groups is 2. The van der Waals surface area contributed by atoms with E-state index in [1.54, 1.807) is 0 Å². The van der Waals surface area contributed by atoms with Crippen molar-refractivity contribution in [3.63, 3.8) is 0 Å². The van der Waals surface area contributed by atoms with Crippen molar-refractivity contribution in [2.45, 2.75) is 0 Å². The Balaban J connectivity index is 2.21. The zero-order chi connectivity index (χ0) is 14.1. The summed E-state index contributed by atoms with van der Waals surface area (Å²) in [6, 6.07) is 5.49. The zero-order valence-corrected chi connectivity index (χ0v) is 11.1. The van der Waals surface area contributed by atoms with Crippen LogP contribution in [0.25, 0.3) is 0 Å². The van der Waals surface area contributed by atoms with Crippen LogP contribution in [-0.4, -0.2) is 36.4 Å². The number of rotatable bonds is 7. The Morgan fingerprint density at radius 1 is 1.16 bits per heavy atom. The molecule has 0 aliphatic rings. The molecule has 0 saturated heterocycles. The molecule has 0 aromatic heterocycles. The average Bonchev–Trinajstić information content (AvgIpc) is 2.39. The molecule has 1 aromatic carbocycles. The maximum Gasteiger partial charge on any atom is 0.234 e. The normalized spacial score (nSPS) is 10.0. The quantitative estimate of drug-likeness (QED) is 0.684. The summed E-state index contributed by atoms with van der Waals surface area (Å²) in [5.41, 5.74) is 5.77. The van der Waals surface area contributed by atoms with E-state index >= 15 is 0 Å². The van der Waals surface area contributed by atoms with E-state index in [4.69, 9.17) is 5.73 Å². The van der Waals surface area contributed by atoms with Crippen molar-refractivity contribution in [3.8, 4) is 0 Å². The number of hydrogen-bond acceptors (Lipinski definition) is 4. The third-order valence-electron chi connectivity index (χ3n) is 2.06. The van der Waals surface area contributed by atoms with Gasteiger partial charge in [-0.25, -0.2) is 4.39 Å². The highest BCUT2D eigenvalue weighted by molar-refractivity contribution is 8.00. The van der Waals surface area contributed by atoms with Gasteiger partial charge in [0.1, 0.15) is 5.82 Å². The molecule has 0 spiro atoms. The lowest BCUT2D eigenvalue weighted by molar-refractivity contribution is -0.118. The van der Waals surface area contributed by atoms with Crippen LogP contribution in [0.1, 0.15) is 0 Å². The molecule has 19 heavy (non-hydrogen) atoms. The first-order chi connectivity index (χ1) is 9.11. The zero-order valence-electron chi connectivity index (χ0n) is 10.3. The topological polar surface area (TPSA) is 84.2 Å². The van der Waals surface area contributed by atoms with Crippen LogP contribution in [0.2, 0.25) is 0 Å². The summed E-state index contributed by atoms with van der Waals surface area (Å²) in [6.07, 6.45) is 0. The fourth-order valence-electron chi connectivity index (χ4n) is 1.23. The van der Waals surface area contributed by atoms with Gasteiger partial charge in [-0.05, 0) is 24.3 Å². The van der Waals surface area contributed by atoms with E-state index in [-0.39, 0.29) is 29.1 Å². The fraction of sp³-hybridized carbons (Fsp3) is 0.333. The van der Waals surface area contributed by atoms with Gasteiger partial charge < -0.3 is 16.4 Å². The minimum Gasteiger partial charge on any atom is -0.354 e. The van der Waals surface area contributed by atoms with Crippen LogP contribution in [0.3, 0.4) is 0 Å². The van der Waals surface area contributed by atoms with Gasteiger partial charge in [0.15, 0.2) is 0 Å². The molecule has 0 unspecified atom stereocenters. The molecule has 0 aliphatic carbocycles. The van der Waals surface area contributed by atoms with E-state index in [1.165, 1.54) is 36.0 Å². The average molecular weight is 285 g/mol. The number of anilines is 1. The lowest BCUT2D eigenvalue weighted by atomic mass is 10.3. The second kappa shape index (κ2) is 8.49. The molecular formula is C12H16FN3O2S. The minimum atomic E-state index is -0.357. The Morgan fingerprint density at radius 2 is 1.79 bits per heavy atom. The number of carbonyl (C=O) groups excluding carboxylic acids is 2. The van der Waals surface area contributed by atoms with Crippen molar-refractivity contribution in [3.05, 3.63) is 30.1 Å². The molecule has 0 bridgehead atoms. The summed E-state index contributed by atoms with van der Waals surface area (Å²) in [6.45, 7) is 0.822. The molecule has 0 heterocycles. The number of thioether (sulfide) groups is 1. The van der Waals surface area contributed by atoms with Crippen molar-refractivity contribution >= 4 is 29.3 Å². The van der Waals surface area contributed by atoms with Crippen molar-refractivity contribution in [1.82, 2.24) is 5.32 Å². The van der Waals surface area contributed by atoms with Gasteiger partial charge in [-0.1, -0.05) is 0 Å². The Labute approximate surface area is 115 Å². The van der Waals surface area contributed by atoms with Crippen LogP contribution >= 0.6 is 11.8 Å². The van der Waals surface area contributed by atoms with Crippen molar-refractivity contribution < 1.29 is 14.0 Å². The molecule has 0 saturated carbocycles. The summed E-state index contributed by atoms with van der Waals surface area (Å²) in [7, 11) is 0. The van der Waals surface area contributed by atoms with Gasteiger partial charge in [-0.3, -0.25) is 9.59 Å². The fourth-order valence-corrected chi connectivity index (χ4v) is 1.88. The van der Waals surface area contributed by atoms with Crippen LogP contribution in [-0.2, 0) is 9.59 Å². The van der Waals surface area contributed by atoms with Gasteiger partial charge in [-0.2, -0.15) is 0 Å². The number of benzene rings is 1. The van der Waals surface area contributed by atoms with Crippen LogP contribution in [0.15, 0.2) is 24.3 Å². The number of halogens is 1. The monoisotopic (exact) mass is 285 g/mol. The van der Waals surface area contributed by atoms with E-state index in [2.05, 4.69) is 10.6 Å². The predicted octanol–water partition coefficient (Wildman–Crippen LogP) is 0.572. The Kier molecular flexibility index (Phi) is 6.91. The van der Waals surface area contributed by atoms with Gasteiger partial charge >= 0.3 is 0 Å². The molecule has 1 aromatic rings. The van der Waals surface area contributed by atoms with Gasteiger partial charge in [0, 0.05) is 18.8 Å². The second-order valence-electron chi connectivity index (χ2n) is 3.69. The number of amides is 2. The third kappa shape index (κ3) is 6.78. The first-order valence-electron chi connectivity index (χ1n) is 5.71. The standard InChI is InChI=1S/C12H16FN3O2S/c13-9-1-3-10(4-2-9)16-12(18)8-19-7-11(17)15-6-5-14/h1-4H,5-8,14H2,(H,15,17)(H,16,18). The third-order valence-corrected chi connectivity index (χ3v) is 2.99. The smallest absolute Gasteiger partial charge is 0.234 e. The molecular weight excluding hydrogens is 269 g/mol. The second-order valence-corrected chi connectivity index (χ2v) is 4.67. The molecule has 0 fully saturated rings. The molecule has 0 atom stereocenters. The maximum atomic E-state index is 12.6. The largest absolute Gasteiger partial charge is 0.354 e. The van der Waals surface area contributed by atoms with E-state index in [0.717, 1.165) is 0 Å². The molecule has 4 N–H and O–H groups in total. The predicted molar refractivity (Wildman–Crippen MR) is 74.4 cm³/mol. The Morgan fingerprint density at radius 3 is 2.42 bits per heavy atom. The van der Waals surface area contributed by atoms with E-state index in [0.29, 0.717) is 18.8 Å². The number of hydrogen-bond donors (Lipinski definition) is 3. The van der Waals surface area contributed by atoms with E-state index < -0.39 is 0 Å². The molecule has 2 amide bonds. The van der Waals surface area contributed by atoms with Crippen molar-refractivity contribution in [1.29, 1.82) is 0 Å². The van der Waals surface area contributed by atoms with Gasteiger partial charge in [-0.15, -0.1) is 11.8 Å². The maximum absolute atomic E-state index is 12.6. The van der Waals surface area contributed by atoms with E-state index in [1.807, 2.05) is 0 Å². The molecule has 1 rings (SSSR count). The molecule has 0 aliphatic heterocycles.